The highest BCUT2D eigenvalue weighted by atomic mass is 32.2. The van der Waals surface area contributed by atoms with Gasteiger partial charge in [-0.15, -0.1) is 0 Å². The zero-order chi connectivity index (χ0) is 19.0. The summed E-state index contributed by atoms with van der Waals surface area (Å²) >= 11 is 0. The van der Waals surface area contributed by atoms with E-state index in [2.05, 4.69) is 11.6 Å². The van der Waals surface area contributed by atoms with E-state index in [9.17, 15) is 8.42 Å². The Bertz CT molecular complexity index is 805. The molecule has 0 saturated heterocycles. The molecule has 7 heteroatoms. The Morgan fingerprint density at radius 3 is 2.50 bits per heavy atom. The van der Waals surface area contributed by atoms with Gasteiger partial charge >= 0.3 is 0 Å². The van der Waals surface area contributed by atoms with Gasteiger partial charge < -0.3 is 15.2 Å². The monoisotopic (exact) mass is 378 g/mol. The smallest absolute Gasteiger partial charge is 0.240 e. The third-order valence-corrected chi connectivity index (χ3v) is 5.38. The second-order valence-electron chi connectivity index (χ2n) is 5.87. The molecule has 0 aliphatic heterocycles. The minimum atomic E-state index is -3.57. The summed E-state index contributed by atoms with van der Waals surface area (Å²) in [6.07, 6.45) is 2.47. The van der Waals surface area contributed by atoms with Crippen LogP contribution in [0.3, 0.4) is 0 Å². The average molecular weight is 378 g/mol. The Kier molecular flexibility index (Phi) is 7.29. The molecule has 2 aromatic carbocycles. The molecule has 2 rings (SSSR count). The van der Waals surface area contributed by atoms with E-state index in [4.69, 9.17) is 15.2 Å². The number of hydrogen-bond acceptors (Lipinski definition) is 5. The molecular weight excluding hydrogens is 352 g/mol. The fourth-order valence-electron chi connectivity index (χ4n) is 2.45. The molecule has 0 aliphatic carbocycles. The second kappa shape index (κ2) is 9.45. The van der Waals surface area contributed by atoms with Crippen molar-refractivity contribution in [3.63, 3.8) is 0 Å². The summed E-state index contributed by atoms with van der Waals surface area (Å²) < 4.78 is 38.5. The Balaban J connectivity index is 2.05. The van der Waals surface area contributed by atoms with Gasteiger partial charge in [-0.05, 0) is 48.7 Å². The van der Waals surface area contributed by atoms with Gasteiger partial charge in [-0.1, -0.05) is 25.5 Å². The molecule has 0 unspecified atom stereocenters. The highest BCUT2D eigenvalue weighted by Gasteiger charge is 2.15. The molecule has 0 heterocycles. The van der Waals surface area contributed by atoms with Crippen LogP contribution in [0.25, 0.3) is 0 Å². The van der Waals surface area contributed by atoms with Gasteiger partial charge in [-0.2, -0.15) is 0 Å². The molecule has 0 saturated carbocycles. The first kappa shape index (κ1) is 20.1. The molecule has 2 aromatic rings. The van der Waals surface area contributed by atoms with E-state index in [0.717, 1.165) is 18.4 Å². The van der Waals surface area contributed by atoms with Gasteiger partial charge in [-0.3, -0.25) is 0 Å². The molecule has 0 atom stereocenters. The van der Waals surface area contributed by atoms with Crippen molar-refractivity contribution in [3.8, 4) is 11.5 Å². The van der Waals surface area contributed by atoms with Crippen LogP contribution in [0, 0.1) is 0 Å². The van der Waals surface area contributed by atoms with E-state index in [1.165, 1.54) is 12.1 Å². The predicted molar refractivity (Wildman–Crippen MR) is 103 cm³/mol. The van der Waals surface area contributed by atoms with Crippen LogP contribution < -0.4 is 19.9 Å². The summed E-state index contributed by atoms with van der Waals surface area (Å²) in [6.45, 7) is 2.95. The number of anilines is 1. The van der Waals surface area contributed by atoms with E-state index in [1.807, 2.05) is 18.2 Å². The molecule has 0 aromatic heterocycles. The first-order chi connectivity index (χ1) is 12.5. The normalized spacial score (nSPS) is 11.3. The molecule has 6 nitrogen and oxygen atoms in total. The predicted octanol–water partition coefficient (Wildman–Crippen LogP) is 2.98. The summed E-state index contributed by atoms with van der Waals surface area (Å²) in [4.78, 5) is 0.191. The molecule has 0 aliphatic rings. The van der Waals surface area contributed by atoms with Gasteiger partial charge in [-0.25, -0.2) is 13.1 Å². The van der Waals surface area contributed by atoms with Crippen molar-refractivity contribution in [1.29, 1.82) is 0 Å². The van der Waals surface area contributed by atoms with E-state index in [0.29, 0.717) is 30.2 Å². The molecular formula is C19H26N2O4S. The van der Waals surface area contributed by atoms with Gasteiger partial charge in [0.15, 0.2) is 11.5 Å². The lowest BCUT2D eigenvalue weighted by molar-refractivity contribution is 0.285. The summed E-state index contributed by atoms with van der Waals surface area (Å²) in [5.74, 6) is 1.33. The molecule has 3 N–H and O–H groups in total. The van der Waals surface area contributed by atoms with Gasteiger partial charge in [0, 0.05) is 12.2 Å². The molecule has 26 heavy (non-hydrogen) atoms. The fourth-order valence-corrected chi connectivity index (χ4v) is 3.48. The van der Waals surface area contributed by atoms with E-state index in [-0.39, 0.29) is 11.4 Å². The van der Waals surface area contributed by atoms with Gasteiger partial charge in [0.1, 0.15) is 0 Å². The van der Waals surface area contributed by atoms with Crippen LogP contribution in [0.1, 0.15) is 25.3 Å². The topological polar surface area (TPSA) is 90.7 Å². The van der Waals surface area contributed by atoms with E-state index >= 15 is 0 Å². The number of unbranched alkanes of at least 4 members (excludes halogenated alkanes) is 1. The average Bonchev–Trinajstić information content (AvgIpc) is 2.63. The number of hydrogen-bond donors (Lipinski definition) is 2. The van der Waals surface area contributed by atoms with Crippen molar-refractivity contribution >= 4 is 15.7 Å². The van der Waals surface area contributed by atoms with Crippen LogP contribution in [0.2, 0.25) is 0 Å². The minimum Gasteiger partial charge on any atom is -0.493 e. The van der Waals surface area contributed by atoms with Crippen LogP contribution >= 0.6 is 0 Å². The lowest BCUT2D eigenvalue weighted by Crippen LogP contribution is -2.26. The maximum absolute atomic E-state index is 12.3. The Hall–Kier alpha value is -2.25. The lowest BCUT2D eigenvalue weighted by atomic mass is 10.1. The zero-order valence-corrected chi connectivity index (χ0v) is 16.0. The zero-order valence-electron chi connectivity index (χ0n) is 15.2. The van der Waals surface area contributed by atoms with Crippen LogP contribution in [0.4, 0.5) is 5.69 Å². The summed E-state index contributed by atoms with van der Waals surface area (Å²) in [7, 11) is -1.98. The maximum atomic E-state index is 12.3. The lowest BCUT2D eigenvalue weighted by Gasteiger charge is -2.15. The van der Waals surface area contributed by atoms with Crippen molar-refractivity contribution in [2.45, 2.75) is 31.1 Å². The van der Waals surface area contributed by atoms with Crippen molar-refractivity contribution < 1.29 is 17.9 Å². The number of sulfonamides is 1. The molecule has 0 amide bonds. The number of benzene rings is 2. The first-order valence-electron chi connectivity index (χ1n) is 8.62. The fraction of sp³-hybridized carbons (Fsp3) is 0.368. The molecule has 142 valence electrons. The third-order valence-electron chi connectivity index (χ3n) is 3.90. The third kappa shape index (κ3) is 5.37. The van der Waals surface area contributed by atoms with Crippen LogP contribution in [0.15, 0.2) is 47.4 Å². The SMILES string of the molecule is CCCCOc1c(CCNS(=O)(=O)c2ccc(N)cc2)cccc1OC. The Morgan fingerprint density at radius 1 is 1.12 bits per heavy atom. The standard InChI is InChI=1S/C19H26N2O4S/c1-3-4-14-25-19-15(6-5-7-18(19)24-2)12-13-21-26(22,23)17-10-8-16(20)9-11-17/h5-11,21H,3-4,12-14,20H2,1-2H3. The highest BCUT2D eigenvalue weighted by Crippen LogP contribution is 2.31. The van der Waals surface area contributed by atoms with Crippen molar-refractivity contribution in [2.24, 2.45) is 0 Å². The summed E-state index contributed by atoms with van der Waals surface area (Å²) in [5.41, 5.74) is 7.02. The molecule has 0 radical (unpaired) electrons. The van der Waals surface area contributed by atoms with Crippen LogP contribution in [-0.2, 0) is 16.4 Å². The number of para-hydroxylation sites is 1. The largest absolute Gasteiger partial charge is 0.493 e. The second-order valence-corrected chi connectivity index (χ2v) is 7.63. The van der Waals surface area contributed by atoms with Crippen molar-refractivity contribution in [1.82, 2.24) is 4.72 Å². The summed E-state index contributed by atoms with van der Waals surface area (Å²) in [6, 6.07) is 11.7. The maximum Gasteiger partial charge on any atom is 0.240 e. The van der Waals surface area contributed by atoms with Gasteiger partial charge in [0.2, 0.25) is 10.0 Å². The molecule has 0 fully saturated rings. The van der Waals surface area contributed by atoms with Gasteiger partial charge in [0.05, 0.1) is 18.6 Å². The van der Waals surface area contributed by atoms with Crippen LogP contribution in [-0.4, -0.2) is 28.7 Å². The Labute approximate surface area is 155 Å². The van der Waals surface area contributed by atoms with Crippen molar-refractivity contribution in [2.75, 3.05) is 26.0 Å². The number of methoxy groups -OCH3 is 1. The first-order valence-corrected chi connectivity index (χ1v) is 10.1. The van der Waals surface area contributed by atoms with Gasteiger partial charge in [0.25, 0.3) is 0 Å². The molecule has 0 spiro atoms. The number of rotatable bonds is 10. The van der Waals surface area contributed by atoms with Crippen LogP contribution in [0.5, 0.6) is 11.5 Å². The summed E-state index contributed by atoms with van der Waals surface area (Å²) in [5, 5.41) is 0. The number of ether oxygens (including phenoxy) is 2. The number of nitrogens with one attached hydrogen (secondary N) is 1. The van der Waals surface area contributed by atoms with E-state index in [1.54, 1.807) is 19.2 Å². The highest BCUT2D eigenvalue weighted by molar-refractivity contribution is 7.89. The number of nitrogens with two attached hydrogens (primary N) is 1. The minimum absolute atomic E-state index is 0.191. The Morgan fingerprint density at radius 2 is 1.85 bits per heavy atom. The van der Waals surface area contributed by atoms with E-state index < -0.39 is 10.0 Å². The quantitative estimate of drug-likeness (QED) is 0.490. The molecule has 0 bridgehead atoms. The number of nitrogen functional groups attached to an aromatic ring is 1. The van der Waals surface area contributed by atoms with Crippen molar-refractivity contribution in [3.05, 3.63) is 48.0 Å².